The van der Waals surface area contributed by atoms with Gasteiger partial charge >= 0.3 is 0 Å². The molecule has 0 spiro atoms. The second-order valence-corrected chi connectivity index (χ2v) is 7.98. The van der Waals surface area contributed by atoms with E-state index < -0.39 is 11.6 Å². The highest BCUT2D eigenvalue weighted by molar-refractivity contribution is 5.65. The zero-order valence-corrected chi connectivity index (χ0v) is 15.8. The third-order valence-electron chi connectivity index (χ3n) is 5.11. The summed E-state index contributed by atoms with van der Waals surface area (Å²) in [6, 6.07) is 15.8. The van der Waals surface area contributed by atoms with Gasteiger partial charge in [-0.05, 0) is 35.2 Å². The molecule has 0 aliphatic rings. The smallest absolute Gasteiger partial charge is 0.131 e. The van der Waals surface area contributed by atoms with Crippen molar-refractivity contribution in [1.29, 1.82) is 0 Å². The number of hydrogen-bond acceptors (Lipinski definition) is 0. The van der Waals surface area contributed by atoms with E-state index in [2.05, 4.69) is 44.4 Å². The van der Waals surface area contributed by atoms with Crippen molar-refractivity contribution >= 4 is 0 Å². The molecule has 0 fully saturated rings. The molecule has 3 rings (SSSR count). The van der Waals surface area contributed by atoms with Crippen LogP contribution in [-0.2, 0) is 6.54 Å². The maximum Gasteiger partial charge on any atom is 0.131 e. The summed E-state index contributed by atoms with van der Waals surface area (Å²) in [6.45, 7) is 9.47. The van der Waals surface area contributed by atoms with E-state index in [9.17, 15) is 8.78 Å². The fraction of sp³-hybridized carbons (Fsp3) is 0.304. The number of rotatable bonds is 4. The second kappa shape index (κ2) is 7.06. The molecule has 0 saturated heterocycles. The summed E-state index contributed by atoms with van der Waals surface area (Å²) in [4.78, 5) is 0. The van der Waals surface area contributed by atoms with Crippen LogP contribution in [0.5, 0.6) is 0 Å². The van der Waals surface area contributed by atoms with E-state index in [0.717, 1.165) is 11.8 Å². The first-order valence-electron chi connectivity index (χ1n) is 8.95. The minimum atomic E-state index is -0.428. The number of benzene rings is 2. The van der Waals surface area contributed by atoms with Gasteiger partial charge in [0, 0.05) is 35.5 Å². The van der Waals surface area contributed by atoms with Crippen LogP contribution < -0.4 is 0 Å². The van der Waals surface area contributed by atoms with Crippen molar-refractivity contribution in [3.05, 3.63) is 83.7 Å². The van der Waals surface area contributed by atoms with Crippen molar-refractivity contribution in [2.45, 2.75) is 40.2 Å². The Hall–Kier alpha value is -2.42. The molecule has 136 valence electrons. The average Bonchev–Trinajstić information content (AvgIpc) is 2.99. The first-order valence-corrected chi connectivity index (χ1v) is 8.95. The molecule has 0 N–H and O–H groups in total. The summed E-state index contributed by atoms with van der Waals surface area (Å²) in [5.41, 5.74) is 3.38. The Morgan fingerprint density at radius 2 is 1.65 bits per heavy atom. The van der Waals surface area contributed by atoms with E-state index in [1.165, 1.54) is 17.7 Å². The molecular weight excluding hydrogens is 328 g/mol. The van der Waals surface area contributed by atoms with Gasteiger partial charge in [0.05, 0.1) is 0 Å². The highest BCUT2D eigenvalue weighted by atomic mass is 19.1. The third kappa shape index (κ3) is 3.87. The number of hydrogen-bond donors (Lipinski definition) is 0. The lowest BCUT2D eigenvalue weighted by Crippen LogP contribution is -2.18. The quantitative estimate of drug-likeness (QED) is 0.496. The van der Waals surface area contributed by atoms with E-state index in [-0.39, 0.29) is 11.3 Å². The van der Waals surface area contributed by atoms with E-state index in [0.29, 0.717) is 17.7 Å². The molecule has 3 heteroatoms. The Labute approximate surface area is 154 Å². The van der Waals surface area contributed by atoms with Crippen LogP contribution in [0.1, 0.15) is 44.9 Å². The standard InChI is InChI=1S/C23H25F2N/c1-16(23(2,3)4)22-12-18(20-13-19(24)10-11-21(20)25)15-26(22)14-17-8-6-5-7-9-17/h5-13,15-16H,14H2,1-4H3. The van der Waals surface area contributed by atoms with Crippen molar-refractivity contribution in [2.75, 3.05) is 0 Å². The Balaban J connectivity index is 2.09. The van der Waals surface area contributed by atoms with Gasteiger partial charge in [0.15, 0.2) is 0 Å². The van der Waals surface area contributed by atoms with Crippen LogP contribution in [0.4, 0.5) is 8.78 Å². The Morgan fingerprint density at radius 1 is 0.962 bits per heavy atom. The zero-order valence-electron chi connectivity index (χ0n) is 15.8. The molecule has 3 aromatic rings. The minimum Gasteiger partial charge on any atom is -0.346 e. The van der Waals surface area contributed by atoms with Gasteiger partial charge in [-0.1, -0.05) is 58.0 Å². The number of halogens is 2. The van der Waals surface area contributed by atoms with Crippen molar-refractivity contribution in [3.63, 3.8) is 0 Å². The second-order valence-electron chi connectivity index (χ2n) is 7.98. The lowest BCUT2D eigenvalue weighted by molar-refractivity contribution is 0.327. The molecule has 0 aliphatic heterocycles. The summed E-state index contributed by atoms with van der Waals surface area (Å²) in [5.74, 6) is -0.572. The van der Waals surface area contributed by atoms with Crippen LogP contribution in [0.25, 0.3) is 11.1 Å². The molecule has 1 atom stereocenters. The molecule has 0 aliphatic carbocycles. The maximum absolute atomic E-state index is 14.3. The first-order chi connectivity index (χ1) is 12.3. The Bertz CT molecular complexity index is 888. The molecule has 1 unspecified atom stereocenters. The van der Waals surface area contributed by atoms with Gasteiger partial charge in [-0.25, -0.2) is 8.78 Å². The summed E-state index contributed by atoms with van der Waals surface area (Å²) in [5, 5.41) is 0. The van der Waals surface area contributed by atoms with Gasteiger partial charge in [0.25, 0.3) is 0 Å². The zero-order chi connectivity index (χ0) is 18.9. The van der Waals surface area contributed by atoms with E-state index in [1.54, 1.807) is 0 Å². The minimum absolute atomic E-state index is 0.0601. The summed E-state index contributed by atoms with van der Waals surface area (Å²) < 4.78 is 30.1. The van der Waals surface area contributed by atoms with Gasteiger partial charge in [-0.15, -0.1) is 0 Å². The molecule has 0 amide bonds. The van der Waals surface area contributed by atoms with Gasteiger partial charge in [-0.3, -0.25) is 0 Å². The van der Waals surface area contributed by atoms with Crippen LogP contribution in [0, 0.1) is 17.0 Å². The molecule has 0 saturated carbocycles. The predicted octanol–water partition coefficient (Wildman–Crippen LogP) is 6.63. The molecule has 26 heavy (non-hydrogen) atoms. The van der Waals surface area contributed by atoms with Crippen molar-refractivity contribution in [1.82, 2.24) is 4.57 Å². The molecule has 1 nitrogen and oxygen atoms in total. The SMILES string of the molecule is CC(c1cc(-c2cc(F)ccc2F)cn1Cc1ccccc1)C(C)(C)C. The van der Waals surface area contributed by atoms with Crippen LogP contribution in [-0.4, -0.2) is 4.57 Å². The lowest BCUT2D eigenvalue weighted by Gasteiger charge is -2.28. The molecule has 2 aromatic carbocycles. The van der Waals surface area contributed by atoms with Crippen LogP contribution in [0.15, 0.2) is 60.8 Å². The van der Waals surface area contributed by atoms with Gasteiger partial charge < -0.3 is 4.57 Å². The topological polar surface area (TPSA) is 4.93 Å². The number of aromatic nitrogens is 1. The van der Waals surface area contributed by atoms with Gasteiger partial charge in [0.1, 0.15) is 11.6 Å². The van der Waals surface area contributed by atoms with E-state index >= 15 is 0 Å². The maximum atomic E-state index is 14.3. The van der Waals surface area contributed by atoms with E-state index in [4.69, 9.17) is 0 Å². The normalized spacial score (nSPS) is 13.0. The van der Waals surface area contributed by atoms with Crippen molar-refractivity contribution in [3.8, 4) is 11.1 Å². The molecule has 0 radical (unpaired) electrons. The predicted molar refractivity (Wildman–Crippen MR) is 103 cm³/mol. The fourth-order valence-corrected chi connectivity index (χ4v) is 3.12. The third-order valence-corrected chi connectivity index (χ3v) is 5.11. The van der Waals surface area contributed by atoms with Crippen LogP contribution >= 0.6 is 0 Å². The van der Waals surface area contributed by atoms with Gasteiger partial charge in [0.2, 0.25) is 0 Å². The lowest BCUT2D eigenvalue weighted by atomic mass is 9.80. The summed E-state index contributed by atoms with van der Waals surface area (Å²) in [7, 11) is 0. The van der Waals surface area contributed by atoms with Crippen LogP contribution in [0.3, 0.4) is 0 Å². The largest absolute Gasteiger partial charge is 0.346 e. The summed E-state index contributed by atoms with van der Waals surface area (Å²) in [6.07, 6.45) is 1.93. The molecule has 1 aromatic heterocycles. The Kier molecular flexibility index (Phi) is 4.99. The number of nitrogens with zero attached hydrogens (tertiary/aromatic N) is 1. The van der Waals surface area contributed by atoms with Crippen molar-refractivity contribution in [2.24, 2.45) is 5.41 Å². The molecule has 0 bridgehead atoms. The highest BCUT2D eigenvalue weighted by Crippen LogP contribution is 2.38. The first kappa shape index (κ1) is 18.4. The Morgan fingerprint density at radius 3 is 2.31 bits per heavy atom. The van der Waals surface area contributed by atoms with E-state index in [1.807, 2.05) is 30.5 Å². The monoisotopic (exact) mass is 353 g/mol. The highest BCUT2D eigenvalue weighted by Gasteiger charge is 2.25. The van der Waals surface area contributed by atoms with Crippen LogP contribution in [0.2, 0.25) is 0 Å². The average molecular weight is 353 g/mol. The van der Waals surface area contributed by atoms with Crippen molar-refractivity contribution < 1.29 is 8.78 Å². The fourth-order valence-electron chi connectivity index (χ4n) is 3.12. The molecular formula is C23H25F2N. The molecule has 1 heterocycles. The van der Waals surface area contributed by atoms with Gasteiger partial charge in [-0.2, -0.15) is 0 Å². The summed E-state index contributed by atoms with van der Waals surface area (Å²) >= 11 is 0.